The van der Waals surface area contributed by atoms with Crippen molar-refractivity contribution in [2.45, 2.75) is 142 Å². The fourth-order valence-corrected chi connectivity index (χ4v) is 7.35. The zero-order valence-electron chi connectivity index (χ0n) is 24.3. The summed E-state index contributed by atoms with van der Waals surface area (Å²) in [7, 11) is 5.03. The maximum atomic E-state index is 5.45. The highest BCUT2D eigenvalue weighted by atomic mass is 28.4. The van der Waals surface area contributed by atoms with Crippen LogP contribution in [0.5, 0.6) is 0 Å². The van der Waals surface area contributed by atoms with E-state index in [2.05, 4.69) is 13.8 Å². The molecule has 0 spiro atoms. The maximum Gasteiger partial charge on any atom is 0.500 e. The zero-order chi connectivity index (χ0) is 25.8. The number of hydrogen-bond acceptors (Lipinski definition) is 5. The van der Waals surface area contributed by atoms with Crippen LogP contribution in [0.4, 0.5) is 0 Å². The highest BCUT2D eigenvalue weighted by molar-refractivity contribution is 6.60. The predicted molar refractivity (Wildman–Crippen MR) is 152 cm³/mol. The maximum absolute atomic E-state index is 5.45. The fourth-order valence-electron chi connectivity index (χ4n) is 4.15. The first-order chi connectivity index (χ1) is 16.6. The van der Waals surface area contributed by atoms with Gasteiger partial charge in [0.1, 0.15) is 0 Å². The van der Waals surface area contributed by atoms with Crippen LogP contribution in [0.15, 0.2) is 0 Å². The van der Waals surface area contributed by atoms with E-state index in [9.17, 15) is 0 Å². The van der Waals surface area contributed by atoms with Gasteiger partial charge in [-0.15, -0.1) is 0 Å². The third-order valence-corrected chi connectivity index (χ3v) is 11.4. The van der Waals surface area contributed by atoms with E-state index >= 15 is 0 Å². The van der Waals surface area contributed by atoms with E-state index in [-0.39, 0.29) is 0 Å². The Hall–Kier alpha value is 0.234. The molecule has 0 amide bonds. The van der Waals surface area contributed by atoms with Gasteiger partial charge in [-0.2, -0.15) is 0 Å². The van der Waals surface area contributed by atoms with Crippen LogP contribution < -0.4 is 0 Å². The minimum absolute atomic E-state index is 0.939. The van der Waals surface area contributed by atoms with Crippen LogP contribution in [0.1, 0.15) is 129 Å². The molecule has 208 valence electrons. The van der Waals surface area contributed by atoms with Crippen LogP contribution in [-0.2, 0) is 22.1 Å². The van der Waals surface area contributed by atoms with Gasteiger partial charge in [0.15, 0.2) is 0 Å². The largest absolute Gasteiger partial charge is 0.500 e. The van der Waals surface area contributed by atoms with Gasteiger partial charge in [0.2, 0.25) is 0 Å². The summed E-state index contributed by atoms with van der Waals surface area (Å²) in [6, 6.07) is 2.08. The SMILES string of the molecule is CCCCCCCCCCCCCCCCCC[Si](OC)(OC)OC.CCCC[SiH](OC)OC. The summed E-state index contributed by atoms with van der Waals surface area (Å²) in [6.45, 7) is 4.47. The van der Waals surface area contributed by atoms with Gasteiger partial charge in [-0.25, -0.2) is 0 Å². The van der Waals surface area contributed by atoms with Crippen molar-refractivity contribution < 1.29 is 22.1 Å². The first-order valence-corrected chi connectivity index (χ1v) is 18.0. The fraction of sp³-hybridized carbons (Fsp3) is 1.00. The second kappa shape index (κ2) is 29.5. The summed E-state index contributed by atoms with van der Waals surface area (Å²) < 4.78 is 26.6. The number of hydrogen-bond donors (Lipinski definition) is 0. The number of unbranched alkanes of at least 4 members (excludes halogenated alkanes) is 16. The quantitative estimate of drug-likeness (QED) is 0.0889. The summed E-state index contributed by atoms with van der Waals surface area (Å²) in [5.74, 6) is 0. The summed E-state index contributed by atoms with van der Waals surface area (Å²) in [5, 5.41) is 0. The molecule has 0 saturated heterocycles. The molecule has 0 unspecified atom stereocenters. The molecule has 0 radical (unpaired) electrons. The molecule has 0 aliphatic rings. The van der Waals surface area contributed by atoms with Crippen molar-refractivity contribution in [1.82, 2.24) is 0 Å². The minimum Gasteiger partial charge on any atom is -0.400 e. The Labute approximate surface area is 217 Å². The first kappa shape index (κ1) is 36.4. The molecule has 0 bridgehead atoms. The van der Waals surface area contributed by atoms with Crippen LogP contribution in [-0.4, -0.2) is 53.6 Å². The van der Waals surface area contributed by atoms with E-state index in [1.54, 1.807) is 35.5 Å². The van der Waals surface area contributed by atoms with Crippen LogP contribution in [0, 0.1) is 0 Å². The Morgan fingerprint density at radius 2 is 0.765 bits per heavy atom. The third kappa shape index (κ3) is 24.0. The van der Waals surface area contributed by atoms with E-state index in [0.29, 0.717) is 0 Å². The Balaban J connectivity index is 0. The van der Waals surface area contributed by atoms with Crippen molar-refractivity contribution in [2.75, 3.05) is 35.5 Å². The van der Waals surface area contributed by atoms with Gasteiger partial charge in [-0.05, 0) is 12.5 Å². The van der Waals surface area contributed by atoms with Gasteiger partial charge in [-0.1, -0.05) is 123 Å². The molecule has 0 N–H and O–H groups in total. The van der Waals surface area contributed by atoms with Gasteiger partial charge in [0, 0.05) is 41.6 Å². The van der Waals surface area contributed by atoms with Gasteiger partial charge in [-0.3, -0.25) is 0 Å². The van der Waals surface area contributed by atoms with Crippen molar-refractivity contribution in [3.05, 3.63) is 0 Å². The van der Waals surface area contributed by atoms with Crippen LogP contribution in [0.2, 0.25) is 12.1 Å². The summed E-state index contributed by atoms with van der Waals surface area (Å²) in [6.07, 6.45) is 24.8. The normalized spacial score (nSPS) is 11.6. The van der Waals surface area contributed by atoms with Crippen molar-refractivity contribution in [2.24, 2.45) is 0 Å². The monoisotopic (exact) mass is 522 g/mol. The Morgan fingerprint density at radius 1 is 0.441 bits per heavy atom. The van der Waals surface area contributed by atoms with E-state index < -0.39 is 18.1 Å². The highest BCUT2D eigenvalue weighted by Crippen LogP contribution is 2.19. The Bertz CT molecular complexity index is 359. The summed E-state index contributed by atoms with van der Waals surface area (Å²) in [5.41, 5.74) is 0. The second-order valence-corrected chi connectivity index (χ2v) is 14.9. The summed E-state index contributed by atoms with van der Waals surface area (Å²) in [4.78, 5) is 0. The van der Waals surface area contributed by atoms with Crippen molar-refractivity contribution >= 4 is 18.1 Å². The molecule has 0 aliphatic heterocycles. The van der Waals surface area contributed by atoms with Crippen molar-refractivity contribution in [1.29, 1.82) is 0 Å². The van der Waals surface area contributed by atoms with Gasteiger partial charge >= 0.3 is 18.1 Å². The molecule has 0 atom stereocenters. The molecule has 34 heavy (non-hydrogen) atoms. The molecule has 0 aromatic heterocycles. The molecule has 7 heteroatoms. The lowest BCUT2D eigenvalue weighted by atomic mass is 10.0. The molecular formula is C27H62O5Si2. The van der Waals surface area contributed by atoms with Gasteiger partial charge < -0.3 is 22.1 Å². The topological polar surface area (TPSA) is 46.2 Å². The lowest BCUT2D eigenvalue weighted by molar-refractivity contribution is 0.122. The minimum atomic E-state index is -2.32. The smallest absolute Gasteiger partial charge is 0.400 e. The van der Waals surface area contributed by atoms with E-state index in [1.165, 1.54) is 109 Å². The lowest BCUT2D eigenvalue weighted by Crippen LogP contribution is -2.42. The van der Waals surface area contributed by atoms with E-state index in [0.717, 1.165) is 18.5 Å². The molecule has 0 aromatic rings. The molecule has 0 fully saturated rings. The van der Waals surface area contributed by atoms with Crippen LogP contribution in [0.25, 0.3) is 0 Å². The molecular weight excluding hydrogens is 460 g/mol. The molecule has 0 saturated carbocycles. The van der Waals surface area contributed by atoms with E-state index in [1.807, 2.05) is 0 Å². The van der Waals surface area contributed by atoms with Crippen LogP contribution >= 0.6 is 0 Å². The number of rotatable bonds is 25. The van der Waals surface area contributed by atoms with Crippen LogP contribution in [0.3, 0.4) is 0 Å². The standard InChI is InChI=1S/C21H46O3Si.C6H16O2Si/c1-5-6-7-8-9-10-11-12-13-14-15-16-17-18-19-20-21-25(22-2,23-3)24-4;1-4-5-6-9(7-2)8-3/h5-21H2,1-4H3;9H,4-6H2,1-3H3. The zero-order valence-corrected chi connectivity index (χ0v) is 26.4. The Morgan fingerprint density at radius 3 is 1.06 bits per heavy atom. The second-order valence-electron chi connectivity index (χ2n) is 9.39. The third-order valence-electron chi connectivity index (χ3n) is 6.59. The molecule has 5 nitrogen and oxygen atoms in total. The average Bonchev–Trinajstić information content (AvgIpc) is 2.87. The van der Waals surface area contributed by atoms with Crippen molar-refractivity contribution in [3.8, 4) is 0 Å². The molecule has 0 rings (SSSR count). The van der Waals surface area contributed by atoms with Crippen molar-refractivity contribution in [3.63, 3.8) is 0 Å². The first-order valence-electron chi connectivity index (χ1n) is 14.3. The predicted octanol–water partition coefficient (Wildman–Crippen LogP) is 8.43. The summed E-state index contributed by atoms with van der Waals surface area (Å²) >= 11 is 0. The lowest BCUT2D eigenvalue weighted by Gasteiger charge is -2.24. The Kier molecular flexibility index (Phi) is 31.5. The molecule has 0 aliphatic carbocycles. The van der Waals surface area contributed by atoms with Gasteiger partial charge in [0.05, 0.1) is 0 Å². The molecule has 0 aromatic carbocycles. The average molecular weight is 523 g/mol. The highest BCUT2D eigenvalue weighted by Gasteiger charge is 2.36. The molecule has 0 heterocycles. The van der Waals surface area contributed by atoms with E-state index in [4.69, 9.17) is 22.1 Å². The van der Waals surface area contributed by atoms with Gasteiger partial charge in [0.25, 0.3) is 0 Å².